The third-order valence-electron chi connectivity index (χ3n) is 3.71. The molecule has 21 heavy (non-hydrogen) atoms. The maximum absolute atomic E-state index is 6.41. The van der Waals surface area contributed by atoms with Gasteiger partial charge in [-0.25, -0.2) is 0 Å². The largest absolute Gasteiger partial charge is 0.319 e. The van der Waals surface area contributed by atoms with Gasteiger partial charge in [0.15, 0.2) is 0 Å². The van der Waals surface area contributed by atoms with E-state index in [-0.39, 0.29) is 17.5 Å². The Kier molecular flexibility index (Phi) is 4.45. The van der Waals surface area contributed by atoms with Crippen LogP contribution in [-0.2, 0) is 5.41 Å². The molecule has 0 bridgehead atoms. The van der Waals surface area contributed by atoms with Crippen molar-refractivity contribution in [2.45, 2.75) is 52.1 Å². The highest BCUT2D eigenvalue weighted by Gasteiger charge is 2.21. The predicted molar refractivity (Wildman–Crippen MR) is 88.8 cm³/mol. The van der Waals surface area contributed by atoms with Gasteiger partial charge in [-0.1, -0.05) is 56.6 Å². The molecule has 1 unspecified atom stereocenters. The van der Waals surface area contributed by atoms with E-state index in [0.717, 1.165) is 11.3 Å². The molecule has 2 N–H and O–H groups in total. The molecule has 0 aliphatic heterocycles. The van der Waals surface area contributed by atoms with Crippen molar-refractivity contribution in [1.29, 1.82) is 0 Å². The van der Waals surface area contributed by atoms with Crippen molar-refractivity contribution in [2.24, 2.45) is 5.73 Å². The Morgan fingerprint density at radius 2 is 1.71 bits per heavy atom. The summed E-state index contributed by atoms with van der Waals surface area (Å²) in [5.74, 6) is 0. The van der Waals surface area contributed by atoms with Crippen LogP contribution in [0.3, 0.4) is 0 Å². The zero-order valence-corrected chi connectivity index (χ0v) is 14.1. The number of halogens is 1. The Bertz CT molecular complexity index is 606. The number of aromatic nitrogens is 2. The standard InChI is InChI=1S/C17H24ClN3/c1-11(2)21-16(14(18)10-20-21)15(19)12-6-8-13(9-7-12)17(3,4)5/h6-11,15H,19H2,1-5H3. The molecule has 2 aromatic rings. The van der Waals surface area contributed by atoms with Gasteiger partial charge in [0.1, 0.15) is 0 Å². The molecule has 3 nitrogen and oxygen atoms in total. The van der Waals surface area contributed by atoms with Gasteiger partial charge >= 0.3 is 0 Å². The summed E-state index contributed by atoms with van der Waals surface area (Å²) in [4.78, 5) is 0. The minimum atomic E-state index is -0.267. The third kappa shape index (κ3) is 3.30. The molecule has 1 aromatic carbocycles. The van der Waals surface area contributed by atoms with E-state index >= 15 is 0 Å². The summed E-state index contributed by atoms with van der Waals surface area (Å²) in [5, 5.41) is 4.94. The highest BCUT2D eigenvalue weighted by Crippen LogP contribution is 2.30. The van der Waals surface area contributed by atoms with Crippen molar-refractivity contribution in [2.75, 3.05) is 0 Å². The Morgan fingerprint density at radius 3 is 2.19 bits per heavy atom. The Hall–Kier alpha value is -1.32. The second-order valence-corrected chi connectivity index (χ2v) is 7.17. The van der Waals surface area contributed by atoms with E-state index in [1.807, 2.05) is 4.68 Å². The maximum atomic E-state index is 6.41. The number of rotatable bonds is 3. The van der Waals surface area contributed by atoms with Crippen molar-refractivity contribution < 1.29 is 0 Å². The van der Waals surface area contributed by atoms with Crippen LogP contribution in [0.4, 0.5) is 0 Å². The van der Waals surface area contributed by atoms with E-state index in [9.17, 15) is 0 Å². The lowest BCUT2D eigenvalue weighted by Crippen LogP contribution is -2.19. The zero-order chi connectivity index (χ0) is 15.8. The van der Waals surface area contributed by atoms with Gasteiger partial charge in [0.2, 0.25) is 0 Å². The highest BCUT2D eigenvalue weighted by molar-refractivity contribution is 6.31. The van der Waals surface area contributed by atoms with Crippen LogP contribution in [0.5, 0.6) is 0 Å². The maximum Gasteiger partial charge on any atom is 0.0837 e. The number of benzene rings is 1. The quantitative estimate of drug-likeness (QED) is 0.909. The molecule has 0 saturated heterocycles. The van der Waals surface area contributed by atoms with Crippen molar-refractivity contribution in [3.63, 3.8) is 0 Å². The molecule has 4 heteroatoms. The molecule has 0 aliphatic carbocycles. The molecule has 0 amide bonds. The first-order valence-corrected chi connectivity index (χ1v) is 7.68. The molecule has 114 valence electrons. The smallest absolute Gasteiger partial charge is 0.0837 e. The Balaban J connectivity index is 2.37. The average Bonchev–Trinajstić information content (AvgIpc) is 2.79. The van der Waals surface area contributed by atoms with Gasteiger partial charge in [-0.05, 0) is 30.4 Å². The van der Waals surface area contributed by atoms with Crippen LogP contribution in [0.25, 0.3) is 0 Å². The summed E-state index contributed by atoms with van der Waals surface area (Å²) in [7, 11) is 0. The molecular weight excluding hydrogens is 282 g/mol. The lowest BCUT2D eigenvalue weighted by Gasteiger charge is -2.21. The minimum Gasteiger partial charge on any atom is -0.319 e. The Labute approximate surface area is 132 Å². The van der Waals surface area contributed by atoms with Gasteiger partial charge in [0.25, 0.3) is 0 Å². The van der Waals surface area contributed by atoms with Crippen molar-refractivity contribution in [3.8, 4) is 0 Å². The van der Waals surface area contributed by atoms with Gasteiger partial charge < -0.3 is 5.73 Å². The van der Waals surface area contributed by atoms with Crippen LogP contribution >= 0.6 is 11.6 Å². The van der Waals surface area contributed by atoms with E-state index in [2.05, 4.69) is 64.0 Å². The number of hydrogen-bond donors (Lipinski definition) is 1. The highest BCUT2D eigenvalue weighted by atomic mass is 35.5. The first-order valence-electron chi connectivity index (χ1n) is 7.30. The predicted octanol–water partition coefficient (Wildman–Crippen LogP) is 4.46. The molecular formula is C17H24ClN3. The van der Waals surface area contributed by atoms with E-state index in [0.29, 0.717) is 5.02 Å². The van der Waals surface area contributed by atoms with Crippen LogP contribution in [-0.4, -0.2) is 9.78 Å². The van der Waals surface area contributed by atoms with E-state index in [4.69, 9.17) is 17.3 Å². The monoisotopic (exact) mass is 305 g/mol. The SMILES string of the molecule is CC(C)n1ncc(Cl)c1C(N)c1ccc(C(C)(C)C)cc1. The van der Waals surface area contributed by atoms with Gasteiger partial charge in [0.05, 0.1) is 23.0 Å². The topological polar surface area (TPSA) is 43.8 Å². The first-order chi connectivity index (χ1) is 9.71. The molecule has 0 saturated carbocycles. The molecule has 0 radical (unpaired) electrons. The normalized spacial score (nSPS) is 13.7. The van der Waals surface area contributed by atoms with Crippen LogP contribution < -0.4 is 5.73 Å². The van der Waals surface area contributed by atoms with E-state index < -0.39 is 0 Å². The van der Waals surface area contributed by atoms with E-state index in [1.165, 1.54) is 5.56 Å². The average molecular weight is 306 g/mol. The molecule has 1 atom stereocenters. The lowest BCUT2D eigenvalue weighted by molar-refractivity contribution is 0.499. The zero-order valence-electron chi connectivity index (χ0n) is 13.4. The second-order valence-electron chi connectivity index (χ2n) is 6.77. The first kappa shape index (κ1) is 16.1. The van der Waals surface area contributed by atoms with Crippen molar-refractivity contribution in [3.05, 3.63) is 52.3 Å². The second kappa shape index (κ2) is 5.82. The molecule has 1 aromatic heterocycles. The summed E-state index contributed by atoms with van der Waals surface area (Å²) >= 11 is 6.27. The van der Waals surface area contributed by atoms with E-state index in [1.54, 1.807) is 6.20 Å². The van der Waals surface area contributed by atoms with Crippen LogP contribution in [0.2, 0.25) is 5.02 Å². The lowest BCUT2D eigenvalue weighted by atomic mass is 9.86. The Morgan fingerprint density at radius 1 is 1.14 bits per heavy atom. The molecule has 0 aliphatic rings. The fourth-order valence-electron chi connectivity index (χ4n) is 2.40. The summed E-state index contributed by atoms with van der Waals surface area (Å²) in [6, 6.07) is 8.40. The molecule has 0 fully saturated rings. The van der Waals surface area contributed by atoms with Gasteiger partial charge in [-0.3, -0.25) is 4.68 Å². The summed E-state index contributed by atoms with van der Waals surface area (Å²) < 4.78 is 1.89. The van der Waals surface area contributed by atoms with Gasteiger partial charge in [0, 0.05) is 6.04 Å². The van der Waals surface area contributed by atoms with Gasteiger partial charge in [-0.15, -0.1) is 0 Å². The fourth-order valence-corrected chi connectivity index (χ4v) is 2.65. The minimum absolute atomic E-state index is 0.139. The molecule has 2 rings (SSSR count). The third-order valence-corrected chi connectivity index (χ3v) is 4.00. The van der Waals surface area contributed by atoms with Crippen molar-refractivity contribution in [1.82, 2.24) is 9.78 Å². The van der Waals surface area contributed by atoms with Gasteiger partial charge in [-0.2, -0.15) is 5.10 Å². The molecule has 1 heterocycles. The summed E-state index contributed by atoms with van der Waals surface area (Å²) in [6.07, 6.45) is 1.67. The molecule has 0 spiro atoms. The van der Waals surface area contributed by atoms with Crippen LogP contribution in [0, 0.1) is 0 Å². The summed E-state index contributed by atoms with van der Waals surface area (Å²) in [6.45, 7) is 10.7. The van der Waals surface area contributed by atoms with Crippen LogP contribution in [0.1, 0.15) is 63.5 Å². The summed E-state index contributed by atoms with van der Waals surface area (Å²) in [5.41, 5.74) is 9.77. The number of nitrogens with two attached hydrogens (primary N) is 1. The van der Waals surface area contributed by atoms with Crippen molar-refractivity contribution >= 4 is 11.6 Å². The fraction of sp³-hybridized carbons (Fsp3) is 0.471. The van der Waals surface area contributed by atoms with Crippen LogP contribution in [0.15, 0.2) is 30.5 Å². The number of nitrogens with zero attached hydrogens (tertiary/aromatic N) is 2. The number of hydrogen-bond acceptors (Lipinski definition) is 2.